The zero-order valence-corrected chi connectivity index (χ0v) is 14.9. The fourth-order valence-electron chi connectivity index (χ4n) is 3.61. The Balaban J connectivity index is 1.79. The van der Waals surface area contributed by atoms with Crippen molar-refractivity contribution in [3.8, 4) is 0 Å². The Morgan fingerprint density at radius 1 is 1.24 bits per heavy atom. The molecule has 25 heavy (non-hydrogen) atoms. The first-order valence-corrected chi connectivity index (χ1v) is 9.04. The minimum atomic E-state index is -0.0191. The topological polar surface area (TPSA) is 42.4 Å². The van der Waals surface area contributed by atoms with Crippen LogP contribution in [0.5, 0.6) is 0 Å². The fourth-order valence-corrected chi connectivity index (χ4v) is 3.61. The molecular formula is C21H26N2O2. The lowest BCUT2D eigenvalue weighted by Gasteiger charge is -2.31. The van der Waals surface area contributed by atoms with Crippen molar-refractivity contribution in [3.05, 3.63) is 65.5 Å². The van der Waals surface area contributed by atoms with Crippen LogP contribution in [-0.4, -0.2) is 36.1 Å². The number of ether oxygens (including phenoxy) is 1. The van der Waals surface area contributed by atoms with Crippen LogP contribution in [0, 0.1) is 0 Å². The van der Waals surface area contributed by atoms with E-state index in [-0.39, 0.29) is 11.8 Å². The van der Waals surface area contributed by atoms with E-state index < -0.39 is 0 Å². The summed E-state index contributed by atoms with van der Waals surface area (Å²) in [4.78, 5) is 19.4. The SMILES string of the molecule is COCCCN(Cc1ccncc1)C(=O)[C@H]1CCCc2ccccc21. The first-order valence-electron chi connectivity index (χ1n) is 9.04. The molecule has 0 N–H and O–H groups in total. The molecule has 1 aliphatic carbocycles. The number of aryl methyl sites for hydroxylation is 1. The Morgan fingerprint density at radius 3 is 2.84 bits per heavy atom. The molecule has 0 bridgehead atoms. The molecule has 0 saturated heterocycles. The predicted molar refractivity (Wildman–Crippen MR) is 98.3 cm³/mol. The van der Waals surface area contributed by atoms with Crippen LogP contribution in [0.15, 0.2) is 48.8 Å². The average Bonchev–Trinajstić information content (AvgIpc) is 2.67. The molecule has 1 atom stereocenters. The standard InChI is InChI=1S/C21H26N2O2/c1-25-15-5-14-23(16-17-10-12-22-13-11-17)21(24)20-9-4-7-18-6-2-3-8-19(18)20/h2-3,6,8,10-13,20H,4-5,7,9,14-16H2,1H3/t20-/m0/s1. The second kappa shape index (κ2) is 8.77. The summed E-state index contributed by atoms with van der Waals surface area (Å²) in [5, 5.41) is 0. The highest BCUT2D eigenvalue weighted by Crippen LogP contribution is 2.33. The van der Waals surface area contributed by atoms with Crippen LogP contribution in [0.1, 0.15) is 41.9 Å². The summed E-state index contributed by atoms with van der Waals surface area (Å²) in [6.07, 6.45) is 7.50. The van der Waals surface area contributed by atoms with E-state index in [2.05, 4.69) is 23.2 Å². The zero-order chi connectivity index (χ0) is 17.5. The van der Waals surface area contributed by atoms with Crippen molar-refractivity contribution in [2.24, 2.45) is 0 Å². The Morgan fingerprint density at radius 2 is 2.04 bits per heavy atom. The molecule has 0 spiro atoms. The average molecular weight is 338 g/mol. The Bertz CT molecular complexity index is 687. The molecule has 0 fully saturated rings. The van der Waals surface area contributed by atoms with Crippen LogP contribution in [0.25, 0.3) is 0 Å². The van der Waals surface area contributed by atoms with Gasteiger partial charge in [-0.15, -0.1) is 0 Å². The number of pyridine rings is 1. The molecule has 1 aromatic carbocycles. The molecule has 4 nitrogen and oxygen atoms in total. The van der Waals surface area contributed by atoms with Crippen LogP contribution >= 0.6 is 0 Å². The number of benzene rings is 1. The van der Waals surface area contributed by atoms with Crippen LogP contribution < -0.4 is 0 Å². The van der Waals surface area contributed by atoms with Gasteiger partial charge in [0, 0.05) is 39.2 Å². The zero-order valence-electron chi connectivity index (χ0n) is 14.9. The number of nitrogens with zero attached hydrogens (tertiary/aromatic N) is 2. The van der Waals surface area contributed by atoms with Gasteiger partial charge in [0.2, 0.25) is 5.91 Å². The van der Waals surface area contributed by atoms with E-state index in [1.54, 1.807) is 19.5 Å². The first kappa shape index (κ1) is 17.6. The lowest BCUT2D eigenvalue weighted by Crippen LogP contribution is -2.37. The molecule has 2 aromatic rings. The van der Waals surface area contributed by atoms with E-state index in [1.165, 1.54) is 11.1 Å². The third-order valence-electron chi connectivity index (χ3n) is 4.88. The maximum absolute atomic E-state index is 13.3. The molecule has 132 valence electrons. The number of methoxy groups -OCH3 is 1. The normalized spacial score (nSPS) is 16.3. The van der Waals surface area contributed by atoms with Crippen molar-refractivity contribution in [1.82, 2.24) is 9.88 Å². The number of hydrogen-bond donors (Lipinski definition) is 0. The maximum atomic E-state index is 13.3. The molecule has 1 amide bonds. The summed E-state index contributed by atoms with van der Waals surface area (Å²) in [7, 11) is 1.70. The van der Waals surface area contributed by atoms with Crippen molar-refractivity contribution >= 4 is 5.91 Å². The summed E-state index contributed by atoms with van der Waals surface area (Å²) in [6, 6.07) is 12.3. The van der Waals surface area contributed by atoms with Gasteiger partial charge in [-0.1, -0.05) is 24.3 Å². The molecule has 0 radical (unpaired) electrons. The smallest absolute Gasteiger partial charge is 0.230 e. The third-order valence-corrected chi connectivity index (χ3v) is 4.88. The summed E-state index contributed by atoms with van der Waals surface area (Å²) in [5.41, 5.74) is 3.66. The minimum Gasteiger partial charge on any atom is -0.385 e. The van der Waals surface area contributed by atoms with Gasteiger partial charge in [0.15, 0.2) is 0 Å². The van der Waals surface area contributed by atoms with Gasteiger partial charge < -0.3 is 9.64 Å². The third kappa shape index (κ3) is 4.45. The number of aromatic nitrogens is 1. The van der Waals surface area contributed by atoms with E-state index in [4.69, 9.17) is 4.74 Å². The highest BCUT2D eigenvalue weighted by molar-refractivity contribution is 5.84. The Hall–Kier alpha value is -2.20. The number of fused-ring (bicyclic) bond motifs is 1. The number of rotatable bonds is 7. The minimum absolute atomic E-state index is 0.0191. The molecule has 0 unspecified atom stereocenters. The van der Waals surface area contributed by atoms with Gasteiger partial charge in [-0.25, -0.2) is 0 Å². The molecule has 1 aliphatic rings. The molecule has 0 saturated carbocycles. The van der Waals surface area contributed by atoms with Crippen LogP contribution in [-0.2, 0) is 22.5 Å². The lowest BCUT2D eigenvalue weighted by atomic mass is 9.82. The molecule has 0 aliphatic heterocycles. The van der Waals surface area contributed by atoms with Crippen molar-refractivity contribution < 1.29 is 9.53 Å². The van der Waals surface area contributed by atoms with Crippen LogP contribution in [0.2, 0.25) is 0 Å². The molecule has 3 rings (SSSR count). The van der Waals surface area contributed by atoms with E-state index in [9.17, 15) is 4.79 Å². The number of amides is 1. The quantitative estimate of drug-likeness (QED) is 0.725. The van der Waals surface area contributed by atoms with E-state index in [0.29, 0.717) is 19.7 Å². The molecule has 1 heterocycles. The molecule has 1 aromatic heterocycles. The highest BCUT2D eigenvalue weighted by Gasteiger charge is 2.29. The summed E-state index contributed by atoms with van der Waals surface area (Å²) in [5.74, 6) is 0.217. The summed E-state index contributed by atoms with van der Waals surface area (Å²) in [6.45, 7) is 2.01. The fraction of sp³-hybridized carbons (Fsp3) is 0.429. The van der Waals surface area contributed by atoms with Gasteiger partial charge in [0.05, 0.1) is 5.92 Å². The molecule has 4 heteroatoms. The second-order valence-corrected chi connectivity index (χ2v) is 6.61. The molecular weight excluding hydrogens is 312 g/mol. The Kier molecular flexibility index (Phi) is 6.18. The largest absolute Gasteiger partial charge is 0.385 e. The monoisotopic (exact) mass is 338 g/mol. The highest BCUT2D eigenvalue weighted by atomic mass is 16.5. The predicted octanol–water partition coefficient (Wildman–Crippen LogP) is 3.57. The number of hydrogen-bond acceptors (Lipinski definition) is 3. The van der Waals surface area contributed by atoms with E-state index in [0.717, 1.165) is 31.2 Å². The van der Waals surface area contributed by atoms with E-state index in [1.807, 2.05) is 23.1 Å². The van der Waals surface area contributed by atoms with Gasteiger partial charge in [0.1, 0.15) is 0 Å². The van der Waals surface area contributed by atoms with Crippen molar-refractivity contribution in [2.45, 2.75) is 38.1 Å². The van der Waals surface area contributed by atoms with Gasteiger partial charge in [-0.05, 0) is 54.5 Å². The van der Waals surface area contributed by atoms with Crippen molar-refractivity contribution in [3.63, 3.8) is 0 Å². The summed E-state index contributed by atoms with van der Waals surface area (Å²) >= 11 is 0. The van der Waals surface area contributed by atoms with Gasteiger partial charge in [0.25, 0.3) is 0 Å². The van der Waals surface area contributed by atoms with E-state index >= 15 is 0 Å². The number of carbonyl (C=O) groups excluding carboxylic acids is 1. The van der Waals surface area contributed by atoms with Crippen LogP contribution in [0.3, 0.4) is 0 Å². The van der Waals surface area contributed by atoms with Gasteiger partial charge >= 0.3 is 0 Å². The lowest BCUT2D eigenvalue weighted by molar-refractivity contribution is -0.134. The Labute approximate surface area is 149 Å². The van der Waals surface area contributed by atoms with Crippen molar-refractivity contribution in [1.29, 1.82) is 0 Å². The maximum Gasteiger partial charge on any atom is 0.230 e. The van der Waals surface area contributed by atoms with Crippen molar-refractivity contribution in [2.75, 3.05) is 20.3 Å². The second-order valence-electron chi connectivity index (χ2n) is 6.61. The van der Waals surface area contributed by atoms with Gasteiger partial charge in [-0.3, -0.25) is 9.78 Å². The van der Waals surface area contributed by atoms with Gasteiger partial charge in [-0.2, -0.15) is 0 Å². The summed E-state index contributed by atoms with van der Waals surface area (Å²) < 4.78 is 5.18. The van der Waals surface area contributed by atoms with Crippen LogP contribution in [0.4, 0.5) is 0 Å². The number of carbonyl (C=O) groups is 1. The first-order chi connectivity index (χ1) is 12.3.